The lowest BCUT2D eigenvalue weighted by atomic mass is 10.1. The Bertz CT molecular complexity index is 3700. The summed E-state index contributed by atoms with van der Waals surface area (Å²) < 4.78 is 135. The summed E-state index contributed by atoms with van der Waals surface area (Å²) in [6, 6.07) is 12.0. The van der Waals surface area contributed by atoms with Crippen LogP contribution in [-0.4, -0.2) is 111 Å². The minimum atomic E-state index is -5.12. The first-order valence-electron chi connectivity index (χ1n) is 18.5. The molecule has 0 fully saturated rings. The molecule has 6 aromatic rings. The number of aromatic nitrogens is 6. The summed E-state index contributed by atoms with van der Waals surface area (Å²) in [7, 11) is -19.4. The number of carbonyl (C=O) groups is 2. The van der Waals surface area contributed by atoms with Crippen LogP contribution in [0.25, 0.3) is 0 Å². The van der Waals surface area contributed by atoms with E-state index in [0.717, 1.165) is 54.6 Å². The molecule has 0 spiro atoms. The van der Waals surface area contributed by atoms with Gasteiger partial charge in [-0.1, -0.05) is 12.1 Å². The van der Waals surface area contributed by atoms with Crippen molar-refractivity contribution in [3.63, 3.8) is 0 Å². The quantitative estimate of drug-likeness (QED) is 0.0473. The van der Waals surface area contributed by atoms with Gasteiger partial charge >= 0.3 is 5.97 Å². The molecule has 0 aliphatic carbocycles. The van der Waals surface area contributed by atoms with E-state index in [2.05, 4.69) is 66.5 Å². The van der Waals surface area contributed by atoms with Crippen molar-refractivity contribution in [3.05, 3.63) is 95.0 Å². The van der Waals surface area contributed by atoms with Crippen LogP contribution in [0.1, 0.15) is 5.56 Å². The molecule has 3 heterocycles. The molecule has 1 aliphatic heterocycles. The van der Waals surface area contributed by atoms with Crippen molar-refractivity contribution in [1.29, 1.82) is 0 Å². The second kappa shape index (κ2) is 19.1. The van der Waals surface area contributed by atoms with Crippen molar-refractivity contribution >= 4 is 139 Å². The van der Waals surface area contributed by atoms with Crippen LogP contribution in [0.2, 0.25) is 10.6 Å². The summed E-state index contributed by atoms with van der Waals surface area (Å²) in [6.45, 7) is 1.29. The normalized spacial score (nSPS) is 14.4. The summed E-state index contributed by atoms with van der Waals surface area (Å²) in [4.78, 5) is 47.6. The molecule has 4 aromatic carbocycles. The lowest BCUT2D eigenvalue weighted by molar-refractivity contribution is -0.130. The van der Waals surface area contributed by atoms with Crippen LogP contribution in [0.5, 0.6) is 0 Å². The van der Waals surface area contributed by atoms with E-state index in [0.29, 0.717) is 5.01 Å². The number of carboxylic acids is 1. The number of hydrogen-bond donors (Lipinski definition) is 9. The number of nitrogens with one attached hydrogen (secondary N) is 4. The van der Waals surface area contributed by atoms with E-state index in [-0.39, 0.29) is 46.2 Å². The molecule has 1 unspecified atom stereocenters. The van der Waals surface area contributed by atoms with Gasteiger partial charge in [-0.15, -0.1) is 0 Å². The van der Waals surface area contributed by atoms with Crippen molar-refractivity contribution in [2.45, 2.75) is 32.5 Å². The Morgan fingerprint density at radius 3 is 1.54 bits per heavy atom. The zero-order valence-corrected chi connectivity index (χ0v) is 39.0. The molecule has 0 radical (unpaired) electrons. The average molecular weight is 1080 g/mol. The maximum Gasteiger partial charge on any atom is 0.355 e. The molecule has 364 valence electrons. The molecule has 0 saturated heterocycles. The molecular formula is C35H26Cl2N14O15S4. The topological polar surface area (TPSA) is 438 Å². The fourth-order valence-corrected chi connectivity index (χ4v) is 8.47. The molecule has 7 rings (SSSR count). The Labute approximate surface area is 402 Å². The van der Waals surface area contributed by atoms with Gasteiger partial charge in [0.05, 0.1) is 20.4 Å². The lowest BCUT2D eigenvalue weighted by Crippen LogP contribution is -2.33. The van der Waals surface area contributed by atoms with Crippen LogP contribution < -0.4 is 26.3 Å². The molecule has 0 bridgehead atoms. The van der Waals surface area contributed by atoms with E-state index in [1.165, 1.54) is 31.2 Å². The van der Waals surface area contributed by atoms with E-state index in [4.69, 9.17) is 23.2 Å². The Morgan fingerprint density at radius 1 is 0.614 bits per heavy atom. The zero-order chi connectivity index (χ0) is 51.1. The minimum Gasteiger partial charge on any atom is -0.477 e. The molecule has 0 saturated carbocycles. The molecule has 9 N–H and O–H groups in total. The van der Waals surface area contributed by atoms with Gasteiger partial charge in [-0.25, -0.2) is 4.79 Å². The first-order valence-corrected chi connectivity index (χ1v) is 25.0. The van der Waals surface area contributed by atoms with Gasteiger partial charge in [0.25, 0.3) is 46.4 Å². The maximum absolute atomic E-state index is 14.0. The monoisotopic (exact) mass is 1080 g/mol. The number of anilines is 9. The number of aliphatic carboxylic acids is 1. The van der Waals surface area contributed by atoms with E-state index in [9.17, 15) is 66.6 Å². The zero-order valence-electron chi connectivity index (χ0n) is 34.3. The average Bonchev–Trinajstić information content (AvgIpc) is 3.57. The van der Waals surface area contributed by atoms with Crippen LogP contribution in [0.4, 0.5) is 57.9 Å². The SMILES string of the molecule is Cc1c(Nc2nc(Cl)nc(Nc3cccc(S(=O)(=O)O)c3)n2)cc(S(=O)(=O)O)cc1N1N=C(C(=O)O)C(N=Nc2cc(Nc3nc(Cl)nc(Nc4cccc(S(=O)(=O)O)c4)n3)ccc2S(=O)(=O)O)C1=O. The Hall–Kier alpha value is -7.47. The predicted octanol–water partition coefficient (Wildman–Crippen LogP) is 4.57. The third-order valence-electron chi connectivity index (χ3n) is 9.02. The summed E-state index contributed by atoms with van der Waals surface area (Å²) in [5, 5.41) is 31.6. The molecule has 1 amide bonds. The van der Waals surface area contributed by atoms with Gasteiger partial charge in [0, 0.05) is 22.7 Å². The van der Waals surface area contributed by atoms with Crippen LogP contribution in [-0.2, 0) is 50.1 Å². The number of hydrogen-bond acceptors (Lipinski definition) is 23. The minimum absolute atomic E-state index is 0.0561. The van der Waals surface area contributed by atoms with Gasteiger partial charge < -0.3 is 26.4 Å². The number of benzene rings is 4. The summed E-state index contributed by atoms with van der Waals surface area (Å²) >= 11 is 12.2. The highest BCUT2D eigenvalue weighted by molar-refractivity contribution is 7.86. The highest BCUT2D eigenvalue weighted by Gasteiger charge is 2.42. The maximum atomic E-state index is 14.0. The van der Waals surface area contributed by atoms with Crippen LogP contribution >= 0.6 is 23.2 Å². The number of amides is 1. The number of nitrogens with zero attached hydrogens (tertiary/aromatic N) is 10. The Balaban J connectivity index is 1.19. The van der Waals surface area contributed by atoms with Crippen molar-refractivity contribution in [3.8, 4) is 0 Å². The molecule has 2 aromatic heterocycles. The highest BCUT2D eigenvalue weighted by Crippen LogP contribution is 2.36. The van der Waals surface area contributed by atoms with Gasteiger partial charge in [0.1, 0.15) is 10.6 Å². The molecular weight excluding hydrogens is 1060 g/mol. The number of rotatable bonds is 16. The van der Waals surface area contributed by atoms with Gasteiger partial charge in [-0.3, -0.25) is 23.0 Å². The fraction of sp³-hybridized carbons (Fsp3) is 0.0571. The van der Waals surface area contributed by atoms with Crippen LogP contribution in [0.15, 0.2) is 114 Å². The van der Waals surface area contributed by atoms with E-state index < -0.39 is 112 Å². The molecule has 70 heavy (non-hydrogen) atoms. The molecule has 29 nitrogen and oxygen atoms in total. The second-order valence-electron chi connectivity index (χ2n) is 13.8. The van der Waals surface area contributed by atoms with Gasteiger partial charge in [-0.2, -0.15) is 83.9 Å². The first-order chi connectivity index (χ1) is 32.6. The molecule has 35 heteroatoms. The molecule has 1 aliphatic rings. The molecule has 1 atom stereocenters. The standard InChI is InChI=1S/C35H26Cl2N14O15S4/c1-15-22(41-35-45-31(37)44-33(47-35)39-17-5-3-7-20(11-17)68(58,59)60)13-21(69(61,62)63)14-24(15)51-28(52)26(27(50-51)29(53)54)49-48-23-12-18(8-9-25(23)70(64,65)66)40-34-43-30(36)42-32(46-34)38-16-4-2-6-19(10-16)67(55,56)57/h2-14,26H,1H3,(H,53,54)(H,55,56,57)(H,58,59,60)(H,61,62,63)(H,64,65,66)(H2,38,40,42,43,46)(H2,39,41,44,45,47). The largest absolute Gasteiger partial charge is 0.477 e. The Morgan fingerprint density at radius 2 is 1.09 bits per heavy atom. The van der Waals surface area contributed by atoms with E-state index in [1.807, 2.05) is 0 Å². The van der Waals surface area contributed by atoms with Crippen LogP contribution in [0, 0.1) is 6.92 Å². The number of hydrazone groups is 1. The third kappa shape index (κ3) is 11.9. The van der Waals surface area contributed by atoms with Gasteiger partial charge in [-0.05, 0) is 102 Å². The van der Waals surface area contributed by atoms with Crippen molar-refractivity contribution in [1.82, 2.24) is 29.9 Å². The third-order valence-corrected chi connectivity index (χ3v) is 12.8. The number of halogens is 2. The van der Waals surface area contributed by atoms with Crippen LogP contribution in [0.3, 0.4) is 0 Å². The van der Waals surface area contributed by atoms with Crippen molar-refractivity contribution in [2.75, 3.05) is 26.3 Å². The van der Waals surface area contributed by atoms with Gasteiger partial charge in [0.2, 0.25) is 40.4 Å². The fourth-order valence-electron chi connectivity index (χ4n) is 5.96. The number of carboxylic acid groups (broad SMARTS) is 1. The highest BCUT2D eigenvalue weighted by atomic mass is 35.5. The lowest BCUT2D eigenvalue weighted by Gasteiger charge is -2.19. The Kier molecular flexibility index (Phi) is 13.8. The van der Waals surface area contributed by atoms with Crippen molar-refractivity contribution < 1.29 is 66.6 Å². The number of azo groups is 1. The second-order valence-corrected chi connectivity index (χ2v) is 20.1. The van der Waals surface area contributed by atoms with E-state index >= 15 is 0 Å². The van der Waals surface area contributed by atoms with E-state index in [1.54, 1.807) is 0 Å². The summed E-state index contributed by atoms with van der Waals surface area (Å²) in [6.07, 6.45) is 0. The first kappa shape index (κ1) is 50.4. The smallest absolute Gasteiger partial charge is 0.355 e. The van der Waals surface area contributed by atoms with Crippen molar-refractivity contribution in [2.24, 2.45) is 15.3 Å². The predicted molar refractivity (Wildman–Crippen MR) is 243 cm³/mol. The number of carbonyl (C=O) groups excluding carboxylic acids is 1. The summed E-state index contributed by atoms with van der Waals surface area (Å²) in [5.41, 5.74) is -2.46. The summed E-state index contributed by atoms with van der Waals surface area (Å²) in [5.74, 6) is -4.44. The van der Waals surface area contributed by atoms with Gasteiger partial charge in [0.15, 0.2) is 5.71 Å².